The van der Waals surface area contributed by atoms with Gasteiger partial charge >= 0.3 is 0 Å². The molecule has 0 fully saturated rings. The van der Waals surface area contributed by atoms with Gasteiger partial charge in [-0.3, -0.25) is 6.08 Å². The molecule has 1 aliphatic rings. The summed E-state index contributed by atoms with van der Waals surface area (Å²) in [5.41, 5.74) is 6.34. The van der Waals surface area contributed by atoms with E-state index in [4.69, 9.17) is 0 Å². The van der Waals surface area contributed by atoms with Crippen LogP contribution in [0.5, 0.6) is 5.75 Å². The number of allylic oxidation sites excluding steroid dienone is 4. The third-order valence-corrected chi connectivity index (χ3v) is 5.53. The first-order chi connectivity index (χ1) is 12.8. The first kappa shape index (κ1) is 22.2. The van der Waals surface area contributed by atoms with Crippen LogP contribution in [0.1, 0.15) is 34.6 Å². The number of aromatic hydroxyl groups is 1. The van der Waals surface area contributed by atoms with Crippen molar-refractivity contribution in [3.8, 4) is 16.9 Å². The van der Waals surface area contributed by atoms with Crippen LogP contribution >= 0.6 is 0 Å². The van der Waals surface area contributed by atoms with Gasteiger partial charge in [-0.1, -0.05) is 93.8 Å². The van der Waals surface area contributed by atoms with Gasteiger partial charge < -0.3 is 5.11 Å². The Kier molecular flexibility index (Phi) is 7.09. The zero-order valence-corrected chi connectivity index (χ0v) is 18.9. The SMILES string of the molecule is CC1=[C-]C(C)(C)C(C)=C1C.Oc1ccc2ccccc2c1-c1ccccc1.[Ti]. The van der Waals surface area contributed by atoms with Crippen molar-refractivity contribution in [2.75, 3.05) is 0 Å². The second-order valence-corrected chi connectivity index (χ2v) is 7.67. The summed E-state index contributed by atoms with van der Waals surface area (Å²) in [6.45, 7) is 10.9. The fourth-order valence-electron chi connectivity index (χ4n) is 3.57. The van der Waals surface area contributed by atoms with Gasteiger partial charge in [0.05, 0.1) is 0 Å². The van der Waals surface area contributed by atoms with Crippen LogP contribution in [-0.2, 0) is 21.7 Å². The van der Waals surface area contributed by atoms with E-state index in [0.717, 1.165) is 21.9 Å². The summed E-state index contributed by atoms with van der Waals surface area (Å²) in [6.07, 6.45) is 3.44. The molecule has 0 saturated heterocycles. The predicted molar refractivity (Wildman–Crippen MR) is 116 cm³/mol. The second-order valence-electron chi connectivity index (χ2n) is 7.67. The Labute approximate surface area is 183 Å². The zero-order chi connectivity index (χ0) is 19.6. The third-order valence-electron chi connectivity index (χ3n) is 5.53. The van der Waals surface area contributed by atoms with Crippen LogP contribution in [-0.4, -0.2) is 5.11 Å². The van der Waals surface area contributed by atoms with Crippen LogP contribution in [0.25, 0.3) is 21.9 Å². The second kappa shape index (κ2) is 8.94. The van der Waals surface area contributed by atoms with Gasteiger partial charge in [0.1, 0.15) is 5.75 Å². The first-order valence-corrected chi connectivity index (χ1v) is 9.37. The van der Waals surface area contributed by atoms with Crippen molar-refractivity contribution in [2.45, 2.75) is 34.6 Å². The Balaban J connectivity index is 0.000000221. The number of fused-ring (bicyclic) bond motifs is 1. The summed E-state index contributed by atoms with van der Waals surface area (Å²) < 4.78 is 0. The Morgan fingerprint density at radius 2 is 1.39 bits per heavy atom. The fraction of sp³-hybridized carbons (Fsp3) is 0.231. The molecule has 28 heavy (non-hydrogen) atoms. The molecular formula is C26H27OTi-. The number of rotatable bonds is 1. The van der Waals surface area contributed by atoms with E-state index in [1.54, 1.807) is 6.07 Å². The minimum absolute atomic E-state index is 0. The Bertz CT molecular complexity index is 1030. The van der Waals surface area contributed by atoms with Crippen LogP contribution in [0.3, 0.4) is 0 Å². The fourth-order valence-corrected chi connectivity index (χ4v) is 3.57. The van der Waals surface area contributed by atoms with Crippen molar-refractivity contribution < 1.29 is 26.8 Å². The average molecular weight is 403 g/mol. The zero-order valence-electron chi connectivity index (χ0n) is 17.3. The number of hydrogen-bond acceptors (Lipinski definition) is 1. The van der Waals surface area contributed by atoms with Gasteiger partial charge in [0.25, 0.3) is 0 Å². The first-order valence-electron chi connectivity index (χ1n) is 9.37. The third kappa shape index (κ3) is 4.48. The van der Waals surface area contributed by atoms with Crippen molar-refractivity contribution in [1.29, 1.82) is 0 Å². The summed E-state index contributed by atoms with van der Waals surface area (Å²) >= 11 is 0. The summed E-state index contributed by atoms with van der Waals surface area (Å²) in [5.74, 6) is 0.329. The standard InChI is InChI=1S/C16H12O.C10H15.Ti/c17-15-11-10-12-6-4-5-9-14(12)16(15)13-7-2-1-3-8-13;1-7-6-10(4,5)9(3)8(7)2;/h1-11,17H;1-5H3;/q;-1;. The van der Waals surface area contributed by atoms with E-state index < -0.39 is 0 Å². The molecule has 0 amide bonds. The van der Waals surface area contributed by atoms with E-state index in [2.05, 4.69) is 46.8 Å². The van der Waals surface area contributed by atoms with Gasteiger partial charge in [0.2, 0.25) is 0 Å². The molecule has 0 heterocycles. The minimum Gasteiger partial charge on any atom is -0.507 e. The summed E-state index contributed by atoms with van der Waals surface area (Å²) in [6, 6.07) is 21.8. The molecule has 0 bridgehead atoms. The molecule has 1 aliphatic carbocycles. The van der Waals surface area contributed by atoms with Crippen molar-refractivity contribution in [3.05, 3.63) is 89.5 Å². The average Bonchev–Trinajstić information content (AvgIpc) is 2.84. The molecular weight excluding hydrogens is 376 g/mol. The molecule has 3 aromatic rings. The molecule has 1 nitrogen and oxygen atoms in total. The largest absolute Gasteiger partial charge is 0.507 e. The molecule has 2 heteroatoms. The Morgan fingerprint density at radius 3 is 1.93 bits per heavy atom. The number of benzene rings is 3. The summed E-state index contributed by atoms with van der Waals surface area (Å²) in [7, 11) is 0. The van der Waals surface area contributed by atoms with E-state index in [-0.39, 0.29) is 27.1 Å². The molecule has 0 aliphatic heterocycles. The number of phenols is 1. The summed E-state index contributed by atoms with van der Waals surface area (Å²) in [5, 5.41) is 12.3. The van der Waals surface area contributed by atoms with Gasteiger partial charge in [-0.2, -0.15) is 11.1 Å². The van der Waals surface area contributed by atoms with E-state index in [1.165, 1.54) is 16.7 Å². The van der Waals surface area contributed by atoms with E-state index in [1.807, 2.05) is 54.6 Å². The maximum atomic E-state index is 10.1. The Hall–Kier alpha value is -2.09. The van der Waals surface area contributed by atoms with E-state index in [0.29, 0.717) is 5.75 Å². The molecule has 142 valence electrons. The monoisotopic (exact) mass is 403 g/mol. The smallest absolute Gasteiger partial charge is 0.124 e. The van der Waals surface area contributed by atoms with Crippen LogP contribution in [0.4, 0.5) is 0 Å². The molecule has 0 aromatic heterocycles. The molecule has 0 saturated carbocycles. The number of hydrogen-bond donors (Lipinski definition) is 1. The van der Waals surface area contributed by atoms with Crippen molar-refractivity contribution in [3.63, 3.8) is 0 Å². The van der Waals surface area contributed by atoms with Crippen LogP contribution in [0, 0.1) is 11.5 Å². The van der Waals surface area contributed by atoms with Gasteiger partial charge in [-0.25, -0.2) is 5.57 Å². The van der Waals surface area contributed by atoms with Crippen LogP contribution in [0.2, 0.25) is 0 Å². The minimum atomic E-state index is 0. The Morgan fingerprint density at radius 1 is 0.786 bits per heavy atom. The quantitative estimate of drug-likeness (QED) is 0.333. The molecule has 0 unspecified atom stereocenters. The molecule has 4 rings (SSSR count). The van der Waals surface area contributed by atoms with Gasteiger partial charge in [0.15, 0.2) is 0 Å². The van der Waals surface area contributed by atoms with Crippen LogP contribution < -0.4 is 0 Å². The number of phenolic OH excluding ortho intramolecular Hbond substituents is 1. The summed E-state index contributed by atoms with van der Waals surface area (Å²) in [4.78, 5) is 0. The van der Waals surface area contributed by atoms with Crippen molar-refractivity contribution >= 4 is 10.8 Å². The van der Waals surface area contributed by atoms with Crippen LogP contribution in [0.15, 0.2) is 83.4 Å². The maximum absolute atomic E-state index is 10.1. The molecule has 0 spiro atoms. The van der Waals surface area contributed by atoms with Gasteiger partial charge in [-0.05, 0) is 22.4 Å². The normalized spacial score (nSPS) is 14.8. The molecule has 1 N–H and O–H groups in total. The predicted octanol–water partition coefficient (Wildman–Crippen LogP) is 7.32. The maximum Gasteiger partial charge on any atom is 0.124 e. The van der Waals surface area contributed by atoms with Gasteiger partial charge in [0, 0.05) is 27.3 Å². The van der Waals surface area contributed by atoms with E-state index >= 15 is 0 Å². The van der Waals surface area contributed by atoms with Crippen molar-refractivity contribution in [2.24, 2.45) is 5.41 Å². The molecule has 3 aromatic carbocycles. The van der Waals surface area contributed by atoms with Crippen molar-refractivity contribution in [1.82, 2.24) is 0 Å². The molecule has 0 atom stereocenters. The topological polar surface area (TPSA) is 20.2 Å². The van der Waals surface area contributed by atoms with Gasteiger partial charge in [-0.15, -0.1) is 6.92 Å². The molecule has 0 radical (unpaired) electrons. The van der Waals surface area contributed by atoms with E-state index in [9.17, 15) is 5.11 Å².